The number of ether oxygens (including phenoxy) is 2. The van der Waals surface area contributed by atoms with E-state index in [0.717, 1.165) is 12.1 Å². The van der Waals surface area contributed by atoms with E-state index in [1.54, 1.807) is 0 Å². The number of nitrogens with zero attached hydrogens (tertiary/aromatic N) is 2. The van der Waals surface area contributed by atoms with Crippen LogP contribution in [0.25, 0.3) is 0 Å². The average Bonchev–Trinajstić information content (AvgIpc) is 2.61. The molecule has 0 aliphatic carbocycles. The first-order chi connectivity index (χ1) is 11.5. The van der Waals surface area contributed by atoms with Crippen LogP contribution in [0.3, 0.4) is 0 Å². The molecule has 126 valence electrons. The van der Waals surface area contributed by atoms with Crippen molar-refractivity contribution in [3.8, 4) is 11.8 Å². The van der Waals surface area contributed by atoms with Crippen molar-refractivity contribution < 1.29 is 14.3 Å². The quantitative estimate of drug-likeness (QED) is 0.804. The Labute approximate surface area is 145 Å². The monoisotopic (exact) mass is 346 g/mol. The molecule has 0 unspecified atom stereocenters. The number of methoxy groups -OCH3 is 2. The Kier molecular flexibility index (Phi) is 6.02. The maximum atomic E-state index is 12.2. The number of amides is 1. The Balaban J connectivity index is 2.04. The molecule has 8 heteroatoms. The number of hydrogen-bond donors (Lipinski definition) is 2. The van der Waals surface area contributed by atoms with Gasteiger partial charge in [-0.3, -0.25) is 10.1 Å². The van der Waals surface area contributed by atoms with Gasteiger partial charge in [0.1, 0.15) is 0 Å². The number of thiocarbonyl (C=S) groups is 1. The summed E-state index contributed by atoms with van der Waals surface area (Å²) in [7, 11) is 2.92. The van der Waals surface area contributed by atoms with E-state index in [-0.39, 0.29) is 22.7 Å². The Morgan fingerprint density at radius 2 is 1.67 bits per heavy atom. The number of benzene rings is 1. The molecule has 1 amide bonds. The zero-order valence-corrected chi connectivity index (χ0v) is 14.4. The first kappa shape index (κ1) is 17.6. The largest absolute Gasteiger partial charge is 0.481 e. The molecule has 0 bridgehead atoms. The van der Waals surface area contributed by atoms with E-state index < -0.39 is 5.91 Å². The highest BCUT2D eigenvalue weighted by molar-refractivity contribution is 7.82. The molecule has 7 nitrogen and oxygen atoms in total. The summed E-state index contributed by atoms with van der Waals surface area (Å²) in [6, 6.07) is 9.17. The third kappa shape index (κ3) is 4.63. The number of carbonyl (C=O) groups is 1. The van der Waals surface area contributed by atoms with Gasteiger partial charge in [-0.2, -0.15) is 9.97 Å². The predicted octanol–water partition coefficient (Wildman–Crippen LogP) is 2.43. The first-order valence-electron chi connectivity index (χ1n) is 7.24. The Bertz CT molecular complexity index is 712. The van der Waals surface area contributed by atoms with E-state index in [9.17, 15) is 4.79 Å². The van der Waals surface area contributed by atoms with Gasteiger partial charge in [0, 0.05) is 5.69 Å². The topological polar surface area (TPSA) is 85.4 Å². The van der Waals surface area contributed by atoms with Crippen molar-refractivity contribution in [3.05, 3.63) is 35.9 Å². The number of anilines is 2. The molecule has 0 aliphatic rings. The summed E-state index contributed by atoms with van der Waals surface area (Å²) in [5, 5.41) is 5.38. The summed E-state index contributed by atoms with van der Waals surface area (Å²) in [5.41, 5.74) is 1.93. The minimum atomic E-state index is -0.528. The second-order valence-electron chi connectivity index (χ2n) is 4.73. The van der Waals surface area contributed by atoms with Gasteiger partial charge in [0.05, 0.1) is 20.3 Å². The number of hydrogen-bond acceptors (Lipinski definition) is 6. The van der Waals surface area contributed by atoms with E-state index in [1.165, 1.54) is 25.8 Å². The minimum Gasteiger partial charge on any atom is -0.481 e. The fourth-order valence-corrected chi connectivity index (χ4v) is 2.01. The van der Waals surface area contributed by atoms with Gasteiger partial charge in [0.25, 0.3) is 5.91 Å². The molecular formula is C16H18N4O3S. The van der Waals surface area contributed by atoms with Crippen molar-refractivity contribution in [2.75, 3.05) is 24.9 Å². The van der Waals surface area contributed by atoms with Crippen LogP contribution in [0.4, 0.5) is 11.6 Å². The lowest BCUT2D eigenvalue weighted by molar-refractivity contribution is -0.110. The van der Waals surface area contributed by atoms with Crippen molar-refractivity contribution >= 4 is 34.7 Å². The van der Waals surface area contributed by atoms with Crippen molar-refractivity contribution in [3.63, 3.8) is 0 Å². The van der Waals surface area contributed by atoms with Crippen LogP contribution in [0.2, 0.25) is 0 Å². The molecule has 24 heavy (non-hydrogen) atoms. The lowest BCUT2D eigenvalue weighted by Crippen LogP contribution is -2.28. The summed E-state index contributed by atoms with van der Waals surface area (Å²) in [4.78, 5) is 20.2. The highest BCUT2D eigenvalue weighted by Crippen LogP contribution is 2.17. The zero-order valence-electron chi connectivity index (χ0n) is 13.6. The molecule has 0 atom stereocenters. The lowest BCUT2D eigenvalue weighted by Gasteiger charge is -2.10. The van der Waals surface area contributed by atoms with Gasteiger partial charge in [-0.1, -0.05) is 31.3 Å². The smallest absolute Gasteiger partial charge is 0.285 e. The summed E-state index contributed by atoms with van der Waals surface area (Å²) in [5.74, 6) is 0.0546. The normalized spacial score (nSPS) is 9.96. The Morgan fingerprint density at radius 3 is 2.17 bits per heavy atom. The molecule has 2 aromatic rings. The molecule has 1 aromatic heterocycles. The van der Waals surface area contributed by atoms with Crippen LogP contribution < -0.4 is 20.1 Å². The van der Waals surface area contributed by atoms with Crippen LogP contribution in [0.1, 0.15) is 12.5 Å². The number of nitrogens with one attached hydrogen (secondary N) is 2. The van der Waals surface area contributed by atoms with Crippen molar-refractivity contribution in [1.82, 2.24) is 9.97 Å². The van der Waals surface area contributed by atoms with Crippen LogP contribution >= 0.6 is 12.2 Å². The highest BCUT2D eigenvalue weighted by atomic mass is 32.1. The van der Waals surface area contributed by atoms with Gasteiger partial charge >= 0.3 is 0 Å². The second kappa shape index (κ2) is 8.21. The van der Waals surface area contributed by atoms with Crippen molar-refractivity contribution in [2.45, 2.75) is 13.3 Å². The SMILES string of the molecule is CCc1ccc(NC(=S)C(=O)Nc2nc(OC)cc(OC)n2)cc1. The number of rotatable bonds is 5. The minimum absolute atomic E-state index is 0.00429. The van der Waals surface area contributed by atoms with Gasteiger partial charge in [-0.25, -0.2) is 0 Å². The zero-order chi connectivity index (χ0) is 17.5. The lowest BCUT2D eigenvalue weighted by atomic mass is 10.1. The van der Waals surface area contributed by atoms with Gasteiger partial charge < -0.3 is 14.8 Å². The Hall–Kier alpha value is -2.74. The maximum absolute atomic E-state index is 12.2. The summed E-state index contributed by atoms with van der Waals surface area (Å²) < 4.78 is 10.1. The Morgan fingerprint density at radius 1 is 1.08 bits per heavy atom. The maximum Gasteiger partial charge on any atom is 0.285 e. The molecule has 0 aliphatic heterocycles. The average molecular weight is 346 g/mol. The van der Waals surface area contributed by atoms with Crippen LogP contribution in [-0.2, 0) is 11.2 Å². The van der Waals surface area contributed by atoms with Gasteiger partial charge in [0.2, 0.25) is 17.7 Å². The van der Waals surface area contributed by atoms with Crippen LogP contribution in [-0.4, -0.2) is 35.1 Å². The summed E-state index contributed by atoms with van der Waals surface area (Å²) in [6.45, 7) is 2.07. The fourth-order valence-electron chi connectivity index (χ4n) is 1.84. The number of carbonyl (C=O) groups excluding carboxylic acids is 1. The molecule has 0 saturated heterocycles. The first-order valence-corrected chi connectivity index (χ1v) is 7.65. The van der Waals surface area contributed by atoms with E-state index in [0.29, 0.717) is 0 Å². The summed E-state index contributed by atoms with van der Waals surface area (Å²) >= 11 is 5.10. The predicted molar refractivity (Wildman–Crippen MR) is 95.8 cm³/mol. The number of aryl methyl sites for hydroxylation is 1. The van der Waals surface area contributed by atoms with Crippen LogP contribution in [0.15, 0.2) is 30.3 Å². The van der Waals surface area contributed by atoms with Crippen molar-refractivity contribution in [2.24, 2.45) is 0 Å². The molecule has 0 radical (unpaired) electrons. The molecular weight excluding hydrogens is 328 g/mol. The van der Waals surface area contributed by atoms with E-state index in [1.807, 2.05) is 24.3 Å². The van der Waals surface area contributed by atoms with Gasteiger partial charge in [0.15, 0.2) is 4.99 Å². The fraction of sp³-hybridized carbons (Fsp3) is 0.250. The van der Waals surface area contributed by atoms with Crippen LogP contribution in [0.5, 0.6) is 11.8 Å². The molecule has 0 spiro atoms. The second-order valence-corrected chi connectivity index (χ2v) is 5.14. The standard InChI is InChI=1S/C16H18N4O3S/c1-4-10-5-7-11(8-6-10)17-15(24)14(21)20-16-18-12(22-2)9-13(19-16)23-3/h5-9H,4H2,1-3H3,(H,17,24)(H,18,19,20,21). The number of aromatic nitrogens is 2. The van der Waals surface area contributed by atoms with E-state index in [2.05, 4.69) is 27.5 Å². The molecule has 0 saturated carbocycles. The third-order valence-corrected chi connectivity index (χ3v) is 3.44. The molecule has 1 aromatic carbocycles. The summed E-state index contributed by atoms with van der Waals surface area (Å²) in [6.07, 6.45) is 0.945. The van der Waals surface area contributed by atoms with E-state index in [4.69, 9.17) is 21.7 Å². The molecule has 0 fully saturated rings. The molecule has 2 N–H and O–H groups in total. The third-order valence-electron chi connectivity index (χ3n) is 3.15. The molecule has 2 rings (SSSR count). The van der Waals surface area contributed by atoms with Crippen LogP contribution in [0, 0.1) is 0 Å². The van der Waals surface area contributed by atoms with Gasteiger partial charge in [-0.15, -0.1) is 0 Å². The van der Waals surface area contributed by atoms with Crippen molar-refractivity contribution in [1.29, 1.82) is 0 Å². The highest BCUT2D eigenvalue weighted by Gasteiger charge is 2.13. The van der Waals surface area contributed by atoms with Gasteiger partial charge in [-0.05, 0) is 24.1 Å². The van der Waals surface area contributed by atoms with E-state index >= 15 is 0 Å². The molecule has 1 heterocycles.